The van der Waals surface area contributed by atoms with Crippen molar-refractivity contribution in [3.63, 3.8) is 0 Å². The molecule has 6 heteroatoms. The van der Waals surface area contributed by atoms with Gasteiger partial charge in [-0.25, -0.2) is 4.98 Å². The number of anilines is 1. The van der Waals surface area contributed by atoms with E-state index in [1.54, 1.807) is 0 Å². The highest BCUT2D eigenvalue weighted by molar-refractivity contribution is 6.01. The minimum absolute atomic E-state index is 0.0781. The predicted molar refractivity (Wildman–Crippen MR) is 73.7 cm³/mol. The van der Waals surface area contributed by atoms with Crippen LogP contribution in [-0.2, 0) is 4.74 Å². The van der Waals surface area contributed by atoms with Crippen LogP contribution in [0.4, 0.5) is 5.82 Å². The molecule has 104 valence electrons. The fourth-order valence-electron chi connectivity index (χ4n) is 2.39. The molecular weight excluding hydrogens is 244 g/mol. The van der Waals surface area contributed by atoms with E-state index in [1.807, 2.05) is 32.9 Å². The highest BCUT2D eigenvalue weighted by Crippen LogP contribution is 2.23. The van der Waals surface area contributed by atoms with E-state index in [2.05, 4.69) is 15.0 Å². The number of rotatable bonds is 2. The second kappa shape index (κ2) is 5.44. The number of amidine groups is 1. The molecule has 0 saturated carbocycles. The van der Waals surface area contributed by atoms with Gasteiger partial charge in [-0.05, 0) is 32.9 Å². The first-order chi connectivity index (χ1) is 9.01. The van der Waals surface area contributed by atoms with Crippen LogP contribution in [0.5, 0.6) is 0 Å². The van der Waals surface area contributed by atoms with Gasteiger partial charge in [0.2, 0.25) is 0 Å². The number of nitrogens with zero attached hydrogens (tertiary/aromatic N) is 3. The zero-order valence-corrected chi connectivity index (χ0v) is 11.5. The molecule has 1 fully saturated rings. The number of aryl methyl sites for hydroxylation is 1. The van der Waals surface area contributed by atoms with E-state index in [0.717, 1.165) is 24.6 Å². The number of oxime groups is 1. The number of hydrogen-bond donors (Lipinski definition) is 2. The summed E-state index contributed by atoms with van der Waals surface area (Å²) in [5.74, 6) is 0.826. The van der Waals surface area contributed by atoms with Gasteiger partial charge >= 0.3 is 0 Å². The highest BCUT2D eigenvalue weighted by atomic mass is 16.5. The van der Waals surface area contributed by atoms with Crippen LogP contribution in [0.15, 0.2) is 17.3 Å². The molecule has 2 unspecified atom stereocenters. The summed E-state index contributed by atoms with van der Waals surface area (Å²) in [6.07, 6.45) is 0.261. The van der Waals surface area contributed by atoms with Gasteiger partial charge in [0.25, 0.3) is 0 Å². The van der Waals surface area contributed by atoms with E-state index in [0.29, 0.717) is 5.56 Å². The average molecular weight is 264 g/mol. The number of nitrogens with two attached hydrogens (primary N) is 1. The summed E-state index contributed by atoms with van der Waals surface area (Å²) < 4.78 is 5.71. The molecule has 1 aromatic heterocycles. The summed E-state index contributed by atoms with van der Waals surface area (Å²) in [6.45, 7) is 7.47. The number of pyridine rings is 1. The van der Waals surface area contributed by atoms with Crippen LogP contribution in [-0.4, -0.2) is 41.3 Å². The Kier molecular flexibility index (Phi) is 3.90. The Bertz CT molecular complexity index is 480. The summed E-state index contributed by atoms with van der Waals surface area (Å²) in [5, 5.41) is 12.0. The molecule has 6 nitrogen and oxygen atoms in total. The average Bonchev–Trinajstić information content (AvgIpc) is 2.36. The topological polar surface area (TPSA) is 84.0 Å². The summed E-state index contributed by atoms with van der Waals surface area (Å²) in [7, 11) is 0. The Morgan fingerprint density at radius 1 is 1.42 bits per heavy atom. The summed E-state index contributed by atoms with van der Waals surface area (Å²) in [4.78, 5) is 6.66. The van der Waals surface area contributed by atoms with Gasteiger partial charge in [0.15, 0.2) is 5.84 Å². The van der Waals surface area contributed by atoms with Crippen molar-refractivity contribution in [2.75, 3.05) is 18.0 Å². The third-order valence-electron chi connectivity index (χ3n) is 3.12. The molecule has 1 aliphatic heterocycles. The van der Waals surface area contributed by atoms with Crippen molar-refractivity contribution in [2.45, 2.75) is 33.0 Å². The lowest BCUT2D eigenvalue weighted by Crippen LogP contribution is -2.46. The predicted octanol–water partition coefficient (Wildman–Crippen LogP) is 1.10. The second-order valence-electron chi connectivity index (χ2n) is 4.97. The lowest BCUT2D eigenvalue weighted by molar-refractivity contribution is -0.00547. The zero-order chi connectivity index (χ0) is 14.0. The molecule has 0 spiro atoms. The lowest BCUT2D eigenvalue weighted by Gasteiger charge is -2.36. The summed E-state index contributed by atoms with van der Waals surface area (Å²) in [5.41, 5.74) is 7.27. The van der Waals surface area contributed by atoms with Gasteiger partial charge in [-0.1, -0.05) is 5.16 Å². The molecule has 2 rings (SSSR count). The Balaban J connectivity index is 2.39. The molecule has 0 amide bonds. The van der Waals surface area contributed by atoms with Crippen molar-refractivity contribution in [1.82, 2.24) is 4.98 Å². The van der Waals surface area contributed by atoms with E-state index in [-0.39, 0.29) is 18.0 Å². The molecule has 19 heavy (non-hydrogen) atoms. The molecule has 0 bridgehead atoms. The van der Waals surface area contributed by atoms with Crippen LogP contribution in [0.1, 0.15) is 25.1 Å². The van der Waals surface area contributed by atoms with E-state index < -0.39 is 0 Å². The first-order valence-electron chi connectivity index (χ1n) is 6.37. The van der Waals surface area contributed by atoms with Crippen LogP contribution in [0, 0.1) is 6.92 Å². The summed E-state index contributed by atoms with van der Waals surface area (Å²) >= 11 is 0. The van der Waals surface area contributed by atoms with Crippen LogP contribution < -0.4 is 10.6 Å². The molecule has 2 heterocycles. The molecule has 0 aromatic carbocycles. The number of morpholine rings is 1. The third kappa shape index (κ3) is 2.96. The molecule has 1 saturated heterocycles. The Morgan fingerprint density at radius 2 is 2.05 bits per heavy atom. The van der Waals surface area contributed by atoms with Crippen molar-refractivity contribution >= 4 is 11.7 Å². The van der Waals surface area contributed by atoms with E-state index in [4.69, 9.17) is 15.7 Å². The Labute approximate surface area is 112 Å². The molecule has 3 N–H and O–H groups in total. The minimum atomic E-state index is 0.0781. The van der Waals surface area contributed by atoms with E-state index in [9.17, 15) is 0 Å². The van der Waals surface area contributed by atoms with Crippen molar-refractivity contribution in [3.05, 3.63) is 23.4 Å². The number of aromatic nitrogens is 1. The first kappa shape index (κ1) is 13.6. The number of hydrogen-bond acceptors (Lipinski definition) is 5. The normalized spacial score (nSPS) is 24.6. The molecule has 1 aliphatic rings. The smallest absolute Gasteiger partial charge is 0.173 e. The van der Waals surface area contributed by atoms with Crippen LogP contribution in [0.2, 0.25) is 0 Å². The largest absolute Gasteiger partial charge is 0.409 e. The first-order valence-corrected chi connectivity index (χ1v) is 6.37. The lowest BCUT2D eigenvalue weighted by atomic mass is 10.1. The van der Waals surface area contributed by atoms with Crippen LogP contribution in [0.3, 0.4) is 0 Å². The standard InChI is InChI=1S/C13H20N4O2/c1-8-4-5-11(12(14)16-18)13(15-8)17-6-9(2)19-10(3)7-17/h4-5,9-10,18H,6-7H2,1-3H3,(H2,14,16). The fourth-order valence-corrected chi connectivity index (χ4v) is 2.39. The molecule has 2 atom stereocenters. The Hall–Kier alpha value is -1.82. The number of ether oxygens (including phenoxy) is 1. The fraction of sp³-hybridized carbons (Fsp3) is 0.538. The van der Waals surface area contributed by atoms with Crippen molar-refractivity contribution in [2.24, 2.45) is 10.9 Å². The van der Waals surface area contributed by atoms with Crippen LogP contribution in [0.25, 0.3) is 0 Å². The van der Waals surface area contributed by atoms with Gasteiger partial charge in [-0.15, -0.1) is 0 Å². The maximum atomic E-state index is 8.88. The third-order valence-corrected chi connectivity index (χ3v) is 3.12. The maximum Gasteiger partial charge on any atom is 0.173 e. The van der Waals surface area contributed by atoms with E-state index in [1.165, 1.54) is 0 Å². The zero-order valence-electron chi connectivity index (χ0n) is 11.5. The quantitative estimate of drug-likeness (QED) is 0.361. The van der Waals surface area contributed by atoms with Gasteiger partial charge in [-0.2, -0.15) is 0 Å². The van der Waals surface area contributed by atoms with Gasteiger partial charge < -0.3 is 20.6 Å². The maximum absolute atomic E-state index is 8.88. The van der Waals surface area contributed by atoms with E-state index >= 15 is 0 Å². The molecule has 0 aliphatic carbocycles. The Morgan fingerprint density at radius 3 is 2.63 bits per heavy atom. The SMILES string of the molecule is Cc1ccc(C(N)=NO)c(N2CC(C)OC(C)C2)n1. The van der Waals surface area contributed by atoms with Crippen molar-refractivity contribution in [1.29, 1.82) is 0 Å². The molecule has 1 aromatic rings. The van der Waals surface area contributed by atoms with Gasteiger partial charge in [0.1, 0.15) is 5.82 Å². The summed E-state index contributed by atoms with van der Waals surface area (Å²) in [6, 6.07) is 3.68. The monoisotopic (exact) mass is 264 g/mol. The van der Waals surface area contributed by atoms with Gasteiger partial charge in [-0.3, -0.25) is 0 Å². The second-order valence-corrected chi connectivity index (χ2v) is 4.97. The molecular formula is C13H20N4O2. The van der Waals surface area contributed by atoms with Gasteiger partial charge in [0, 0.05) is 18.8 Å². The minimum Gasteiger partial charge on any atom is -0.409 e. The van der Waals surface area contributed by atoms with Gasteiger partial charge in [0.05, 0.1) is 17.8 Å². The van der Waals surface area contributed by atoms with Crippen molar-refractivity contribution < 1.29 is 9.94 Å². The van der Waals surface area contributed by atoms with Crippen LogP contribution >= 0.6 is 0 Å². The van der Waals surface area contributed by atoms with Crippen molar-refractivity contribution in [3.8, 4) is 0 Å². The molecule has 0 radical (unpaired) electrons. The highest BCUT2D eigenvalue weighted by Gasteiger charge is 2.25.